The number of primary sulfonamides is 1. The molecule has 0 atom stereocenters. The van der Waals surface area contributed by atoms with Gasteiger partial charge in [0.05, 0.1) is 11.7 Å². The lowest BCUT2D eigenvalue weighted by molar-refractivity contribution is 0.213. The van der Waals surface area contributed by atoms with Gasteiger partial charge >= 0.3 is 0 Å². The number of hydrogen-bond donors (Lipinski definition) is 2. The molecule has 7 heteroatoms. The molecule has 1 aromatic rings. The molecule has 1 aromatic heterocycles. The van der Waals surface area contributed by atoms with Crippen molar-refractivity contribution in [3.63, 3.8) is 0 Å². The van der Waals surface area contributed by atoms with Gasteiger partial charge in [0.1, 0.15) is 11.5 Å². The van der Waals surface area contributed by atoms with Crippen molar-refractivity contribution in [1.82, 2.24) is 4.98 Å². The molecule has 1 aliphatic carbocycles. The standard InChI is InChI=1S/C11H17N3O3S/c12-11(5-1-2-6-11)8-17-10-4-3-9(7-14-10)18(13,15)16/h3-4,7H,1-2,5-6,8,12H2,(H2,13,15,16). The van der Waals surface area contributed by atoms with Crippen LogP contribution in [0.4, 0.5) is 0 Å². The molecule has 6 nitrogen and oxygen atoms in total. The van der Waals surface area contributed by atoms with Crippen LogP contribution in [0.1, 0.15) is 25.7 Å². The number of sulfonamides is 1. The van der Waals surface area contributed by atoms with Gasteiger partial charge in [0, 0.05) is 6.07 Å². The van der Waals surface area contributed by atoms with Crippen molar-refractivity contribution >= 4 is 10.0 Å². The second kappa shape index (κ2) is 4.83. The summed E-state index contributed by atoms with van der Waals surface area (Å²) in [6.45, 7) is 0.398. The SMILES string of the molecule is NC1(COc2ccc(S(N)(=O)=O)cn2)CCCC1. The smallest absolute Gasteiger partial charge is 0.239 e. The average Bonchev–Trinajstić information content (AvgIpc) is 2.74. The fraction of sp³-hybridized carbons (Fsp3) is 0.545. The van der Waals surface area contributed by atoms with Crippen LogP contribution < -0.4 is 15.6 Å². The molecule has 1 fully saturated rings. The Bertz CT molecular complexity index is 507. The van der Waals surface area contributed by atoms with Crippen molar-refractivity contribution in [2.45, 2.75) is 36.1 Å². The molecule has 1 heterocycles. The summed E-state index contributed by atoms with van der Waals surface area (Å²) in [5.41, 5.74) is 5.86. The van der Waals surface area contributed by atoms with Crippen LogP contribution in [0.2, 0.25) is 0 Å². The number of ether oxygens (including phenoxy) is 1. The molecule has 0 radical (unpaired) electrons. The summed E-state index contributed by atoms with van der Waals surface area (Å²) in [7, 11) is -3.70. The molecule has 0 spiro atoms. The second-order valence-corrected chi connectivity index (χ2v) is 6.30. The third kappa shape index (κ3) is 3.18. The van der Waals surface area contributed by atoms with Gasteiger partial charge in [0.15, 0.2) is 0 Å². The maximum absolute atomic E-state index is 11.0. The number of hydrogen-bond acceptors (Lipinski definition) is 5. The highest BCUT2D eigenvalue weighted by Crippen LogP contribution is 2.27. The minimum Gasteiger partial charge on any atom is -0.476 e. The van der Waals surface area contributed by atoms with Crippen LogP contribution in [0.15, 0.2) is 23.2 Å². The number of aromatic nitrogens is 1. The van der Waals surface area contributed by atoms with Crippen molar-refractivity contribution in [3.05, 3.63) is 18.3 Å². The molecule has 1 aliphatic rings. The highest BCUT2D eigenvalue weighted by atomic mass is 32.2. The van der Waals surface area contributed by atoms with Crippen molar-refractivity contribution < 1.29 is 13.2 Å². The first kappa shape index (κ1) is 13.3. The van der Waals surface area contributed by atoms with Crippen LogP contribution in [0, 0.1) is 0 Å². The minimum absolute atomic E-state index is 0.0295. The zero-order valence-electron chi connectivity index (χ0n) is 10.0. The van der Waals surface area contributed by atoms with Crippen LogP contribution in [0.3, 0.4) is 0 Å². The topological polar surface area (TPSA) is 108 Å². The van der Waals surface area contributed by atoms with Crippen LogP contribution in [-0.2, 0) is 10.0 Å². The zero-order chi connectivity index (χ0) is 13.2. The summed E-state index contributed by atoms with van der Waals surface area (Å²) in [5.74, 6) is 0.360. The molecule has 0 aliphatic heterocycles. The van der Waals surface area contributed by atoms with E-state index in [2.05, 4.69) is 4.98 Å². The first-order valence-electron chi connectivity index (χ1n) is 5.80. The summed E-state index contributed by atoms with van der Waals surface area (Å²) in [4.78, 5) is 3.87. The molecule has 0 aromatic carbocycles. The van der Waals surface area contributed by atoms with E-state index in [-0.39, 0.29) is 10.4 Å². The van der Waals surface area contributed by atoms with Crippen molar-refractivity contribution in [2.24, 2.45) is 10.9 Å². The molecular weight excluding hydrogens is 254 g/mol. The molecule has 0 unspecified atom stereocenters. The lowest BCUT2D eigenvalue weighted by atomic mass is 10.0. The lowest BCUT2D eigenvalue weighted by Gasteiger charge is -2.23. The molecule has 0 bridgehead atoms. The zero-order valence-corrected chi connectivity index (χ0v) is 10.8. The number of nitrogens with two attached hydrogens (primary N) is 2. The maximum Gasteiger partial charge on any atom is 0.239 e. The van der Waals surface area contributed by atoms with Crippen LogP contribution >= 0.6 is 0 Å². The Labute approximate surface area is 106 Å². The van der Waals surface area contributed by atoms with Crippen molar-refractivity contribution in [2.75, 3.05) is 6.61 Å². The third-order valence-electron chi connectivity index (χ3n) is 3.14. The largest absolute Gasteiger partial charge is 0.476 e. The summed E-state index contributed by atoms with van der Waals surface area (Å²) in [5, 5.41) is 4.97. The van der Waals surface area contributed by atoms with Crippen molar-refractivity contribution in [1.29, 1.82) is 0 Å². The van der Waals surface area contributed by atoms with E-state index in [0.717, 1.165) is 25.7 Å². The fourth-order valence-electron chi connectivity index (χ4n) is 2.06. The van der Waals surface area contributed by atoms with Gasteiger partial charge in [-0.2, -0.15) is 0 Å². The molecule has 4 N–H and O–H groups in total. The Morgan fingerprint density at radius 2 is 2.00 bits per heavy atom. The molecule has 0 saturated heterocycles. The maximum atomic E-state index is 11.0. The number of pyridine rings is 1. The Kier molecular flexibility index (Phi) is 3.56. The van der Waals surface area contributed by atoms with E-state index in [1.54, 1.807) is 0 Å². The van der Waals surface area contributed by atoms with Gasteiger partial charge in [-0.05, 0) is 18.9 Å². The first-order chi connectivity index (χ1) is 8.39. The van der Waals surface area contributed by atoms with E-state index in [4.69, 9.17) is 15.6 Å². The highest BCUT2D eigenvalue weighted by molar-refractivity contribution is 7.89. The molecule has 0 amide bonds. The number of nitrogens with zero attached hydrogens (tertiary/aromatic N) is 1. The summed E-state index contributed by atoms with van der Waals surface area (Å²) >= 11 is 0. The van der Waals surface area contributed by atoms with Gasteiger partial charge < -0.3 is 10.5 Å². The van der Waals surface area contributed by atoms with E-state index in [1.807, 2.05) is 0 Å². The monoisotopic (exact) mass is 271 g/mol. The first-order valence-corrected chi connectivity index (χ1v) is 7.34. The fourth-order valence-corrected chi connectivity index (χ4v) is 2.52. The summed E-state index contributed by atoms with van der Waals surface area (Å²) in [6.07, 6.45) is 5.32. The van der Waals surface area contributed by atoms with E-state index >= 15 is 0 Å². The van der Waals surface area contributed by atoms with Crippen LogP contribution in [0.25, 0.3) is 0 Å². The molecule has 100 valence electrons. The van der Waals surface area contributed by atoms with Crippen LogP contribution in [-0.4, -0.2) is 25.5 Å². The predicted octanol–water partition coefficient (Wildman–Crippen LogP) is 0.379. The van der Waals surface area contributed by atoms with Crippen molar-refractivity contribution in [3.8, 4) is 5.88 Å². The van der Waals surface area contributed by atoms with E-state index in [1.165, 1.54) is 18.3 Å². The lowest BCUT2D eigenvalue weighted by Crippen LogP contribution is -2.42. The predicted molar refractivity (Wildman–Crippen MR) is 66.5 cm³/mol. The Balaban J connectivity index is 1.98. The van der Waals surface area contributed by atoms with E-state index < -0.39 is 10.0 Å². The second-order valence-electron chi connectivity index (χ2n) is 4.74. The minimum atomic E-state index is -3.70. The Morgan fingerprint density at radius 3 is 2.50 bits per heavy atom. The van der Waals surface area contributed by atoms with E-state index in [0.29, 0.717) is 12.5 Å². The average molecular weight is 271 g/mol. The van der Waals surface area contributed by atoms with Crippen LogP contribution in [0.5, 0.6) is 5.88 Å². The van der Waals surface area contributed by atoms with Gasteiger partial charge in [-0.15, -0.1) is 0 Å². The molecule has 2 rings (SSSR count). The third-order valence-corrected chi connectivity index (χ3v) is 4.04. The van der Waals surface area contributed by atoms with Gasteiger partial charge in [0.2, 0.25) is 15.9 Å². The molecular formula is C11H17N3O3S. The quantitative estimate of drug-likeness (QED) is 0.823. The normalized spacial score (nSPS) is 18.8. The van der Waals surface area contributed by atoms with Gasteiger partial charge in [-0.25, -0.2) is 18.5 Å². The summed E-state index contributed by atoms with van der Waals surface area (Å²) < 4.78 is 27.6. The van der Waals surface area contributed by atoms with Gasteiger partial charge in [-0.1, -0.05) is 12.8 Å². The molecule has 1 saturated carbocycles. The van der Waals surface area contributed by atoms with Gasteiger partial charge in [-0.3, -0.25) is 0 Å². The molecule has 18 heavy (non-hydrogen) atoms. The Hall–Kier alpha value is -1.18. The highest BCUT2D eigenvalue weighted by Gasteiger charge is 2.30. The Morgan fingerprint density at radius 1 is 1.33 bits per heavy atom. The summed E-state index contributed by atoms with van der Waals surface area (Å²) in [6, 6.07) is 2.85. The van der Waals surface area contributed by atoms with Gasteiger partial charge in [0.25, 0.3) is 0 Å². The van der Waals surface area contributed by atoms with E-state index in [9.17, 15) is 8.42 Å². The number of rotatable bonds is 4.